The highest BCUT2D eigenvalue weighted by atomic mass is 19.1. The summed E-state index contributed by atoms with van der Waals surface area (Å²) in [6, 6.07) is 3.69. The monoisotopic (exact) mass is 193 g/mol. The number of benzene rings is 1. The predicted octanol–water partition coefficient (Wildman–Crippen LogP) is 2.47. The molecule has 0 spiro atoms. The Labute approximate surface area is 80.7 Å². The van der Waals surface area contributed by atoms with E-state index in [-0.39, 0.29) is 5.92 Å². The molecule has 0 amide bonds. The smallest absolute Gasteiger partial charge is 0.258 e. The fourth-order valence-corrected chi connectivity index (χ4v) is 1.04. The van der Waals surface area contributed by atoms with Crippen molar-refractivity contribution in [1.29, 1.82) is 0 Å². The molecule has 0 fully saturated rings. The maximum Gasteiger partial charge on any atom is 0.304 e. The van der Waals surface area contributed by atoms with Crippen LogP contribution in [0.15, 0.2) is 18.2 Å². The topological polar surface area (TPSA) is 43.1 Å². The fraction of sp³-hybridized carbons (Fsp3) is 0.200. The molecule has 0 bridgehead atoms. The van der Waals surface area contributed by atoms with Crippen LogP contribution >= 0.6 is 0 Å². The maximum atomic E-state index is 13.1. The number of rotatable bonds is 2. The molecule has 14 heavy (non-hydrogen) atoms. The number of nitro benzene ring substituents is 1. The lowest BCUT2D eigenvalue weighted by Crippen LogP contribution is -1.96. The van der Waals surface area contributed by atoms with E-state index in [2.05, 4.69) is 5.92 Å². The first-order chi connectivity index (χ1) is 6.56. The summed E-state index contributed by atoms with van der Waals surface area (Å²) in [5.74, 6) is 1.32. The molecule has 0 aromatic heterocycles. The summed E-state index contributed by atoms with van der Waals surface area (Å²) in [7, 11) is 0. The number of nitro groups is 1. The van der Waals surface area contributed by atoms with E-state index in [1.54, 1.807) is 6.92 Å². The standard InChI is InChI=1S/C10H8FNO2/c1-3-7(2)8-4-5-10(12(13)14)9(11)6-8/h1,4-7H,2H3. The van der Waals surface area contributed by atoms with E-state index in [1.807, 2.05) is 0 Å². The molecule has 0 aliphatic heterocycles. The van der Waals surface area contributed by atoms with Crippen LogP contribution in [0.25, 0.3) is 0 Å². The molecule has 1 unspecified atom stereocenters. The number of hydrogen-bond acceptors (Lipinski definition) is 2. The summed E-state index contributed by atoms with van der Waals surface area (Å²) >= 11 is 0. The molecule has 0 aliphatic carbocycles. The Balaban J connectivity index is 3.14. The molecule has 0 aliphatic rings. The number of hydrogen-bond donors (Lipinski definition) is 0. The third-order valence-electron chi connectivity index (χ3n) is 1.92. The minimum Gasteiger partial charge on any atom is -0.258 e. The Morgan fingerprint density at radius 1 is 1.64 bits per heavy atom. The zero-order valence-electron chi connectivity index (χ0n) is 7.53. The highest BCUT2D eigenvalue weighted by molar-refractivity contribution is 5.37. The van der Waals surface area contributed by atoms with E-state index < -0.39 is 16.4 Å². The molecule has 1 aromatic carbocycles. The van der Waals surface area contributed by atoms with Crippen molar-refractivity contribution in [1.82, 2.24) is 0 Å². The van der Waals surface area contributed by atoms with Crippen LogP contribution in [0.4, 0.5) is 10.1 Å². The van der Waals surface area contributed by atoms with Gasteiger partial charge >= 0.3 is 5.69 Å². The van der Waals surface area contributed by atoms with Crippen LogP contribution in [-0.2, 0) is 0 Å². The zero-order valence-corrected chi connectivity index (χ0v) is 7.53. The quantitative estimate of drug-likeness (QED) is 0.411. The molecular weight excluding hydrogens is 185 g/mol. The van der Waals surface area contributed by atoms with Crippen molar-refractivity contribution in [3.63, 3.8) is 0 Å². The maximum absolute atomic E-state index is 13.1. The second-order valence-corrected chi connectivity index (χ2v) is 2.86. The van der Waals surface area contributed by atoms with Gasteiger partial charge in [-0.25, -0.2) is 0 Å². The molecule has 1 rings (SSSR count). The average molecular weight is 193 g/mol. The first-order valence-electron chi connectivity index (χ1n) is 3.96. The highest BCUT2D eigenvalue weighted by Gasteiger charge is 2.14. The van der Waals surface area contributed by atoms with Gasteiger partial charge in [0.2, 0.25) is 5.82 Å². The number of halogens is 1. The molecule has 0 N–H and O–H groups in total. The molecule has 3 nitrogen and oxygen atoms in total. The van der Waals surface area contributed by atoms with Gasteiger partial charge in [0.15, 0.2) is 0 Å². The van der Waals surface area contributed by atoms with Crippen LogP contribution < -0.4 is 0 Å². The van der Waals surface area contributed by atoms with E-state index in [0.29, 0.717) is 5.56 Å². The molecule has 1 aromatic rings. The van der Waals surface area contributed by atoms with Gasteiger partial charge in [-0.1, -0.05) is 12.0 Å². The van der Waals surface area contributed by atoms with Crippen molar-refractivity contribution in [3.05, 3.63) is 39.7 Å². The van der Waals surface area contributed by atoms with E-state index in [0.717, 1.165) is 12.1 Å². The number of nitrogens with zero attached hydrogens (tertiary/aromatic N) is 1. The van der Waals surface area contributed by atoms with Crippen molar-refractivity contribution in [2.24, 2.45) is 0 Å². The van der Waals surface area contributed by atoms with Crippen molar-refractivity contribution in [2.45, 2.75) is 12.8 Å². The summed E-state index contributed by atoms with van der Waals surface area (Å²) in [4.78, 5) is 9.53. The minimum absolute atomic E-state index is 0.245. The zero-order chi connectivity index (χ0) is 10.7. The predicted molar refractivity (Wildman–Crippen MR) is 50.3 cm³/mol. The van der Waals surface area contributed by atoms with Crippen molar-refractivity contribution < 1.29 is 9.31 Å². The Hall–Kier alpha value is -1.89. The third-order valence-corrected chi connectivity index (χ3v) is 1.92. The molecular formula is C10H8FNO2. The van der Waals surface area contributed by atoms with Gasteiger partial charge in [-0.15, -0.1) is 6.42 Å². The van der Waals surface area contributed by atoms with Crippen LogP contribution in [0, 0.1) is 28.3 Å². The lowest BCUT2D eigenvalue weighted by molar-refractivity contribution is -0.387. The normalized spacial score (nSPS) is 11.8. The van der Waals surface area contributed by atoms with Crippen LogP contribution in [0.2, 0.25) is 0 Å². The Morgan fingerprint density at radius 2 is 2.29 bits per heavy atom. The van der Waals surface area contributed by atoms with E-state index in [1.165, 1.54) is 6.07 Å². The summed E-state index contributed by atoms with van der Waals surface area (Å²) in [6.07, 6.45) is 5.15. The molecule has 0 radical (unpaired) electrons. The van der Waals surface area contributed by atoms with Crippen molar-refractivity contribution >= 4 is 5.69 Å². The summed E-state index contributed by atoms with van der Waals surface area (Å²) < 4.78 is 13.1. The van der Waals surface area contributed by atoms with Crippen molar-refractivity contribution in [2.75, 3.05) is 0 Å². The Kier molecular flexibility index (Phi) is 2.82. The van der Waals surface area contributed by atoms with Gasteiger partial charge in [0.25, 0.3) is 0 Å². The van der Waals surface area contributed by atoms with Gasteiger partial charge in [0.05, 0.1) is 4.92 Å². The Morgan fingerprint density at radius 3 is 2.71 bits per heavy atom. The number of terminal acetylenes is 1. The van der Waals surface area contributed by atoms with Gasteiger partial charge in [-0.05, 0) is 18.6 Å². The second-order valence-electron chi connectivity index (χ2n) is 2.86. The third kappa shape index (κ3) is 1.88. The summed E-state index contributed by atoms with van der Waals surface area (Å²) in [6.45, 7) is 1.72. The first kappa shape index (κ1) is 10.2. The van der Waals surface area contributed by atoms with E-state index >= 15 is 0 Å². The average Bonchev–Trinajstić information content (AvgIpc) is 2.15. The second kappa shape index (κ2) is 3.88. The fourth-order valence-electron chi connectivity index (χ4n) is 1.04. The van der Waals surface area contributed by atoms with E-state index in [4.69, 9.17) is 6.42 Å². The Bertz CT molecular complexity index is 409. The van der Waals surface area contributed by atoms with Crippen LogP contribution in [0.5, 0.6) is 0 Å². The molecule has 1 atom stereocenters. The summed E-state index contributed by atoms with van der Waals surface area (Å²) in [5, 5.41) is 10.3. The van der Waals surface area contributed by atoms with Gasteiger partial charge in [0, 0.05) is 12.0 Å². The lowest BCUT2D eigenvalue weighted by atomic mass is 10.0. The van der Waals surface area contributed by atoms with Gasteiger partial charge in [-0.2, -0.15) is 4.39 Å². The lowest BCUT2D eigenvalue weighted by Gasteiger charge is -2.03. The van der Waals surface area contributed by atoms with E-state index in [9.17, 15) is 14.5 Å². The largest absolute Gasteiger partial charge is 0.304 e. The molecule has 0 saturated carbocycles. The molecule has 72 valence electrons. The molecule has 0 saturated heterocycles. The molecule has 4 heteroatoms. The minimum atomic E-state index is -0.852. The van der Waals surface area contributed by atoms with Crippen LogP contribution in [0.1, 0.15) is 18.4 Å². The van der Waals surface area contributed by atoms with Gasteiger partial charge < -0.3 is 0 Å². The summed E-state index contributed by atoms with van der Waals surface area (Å²) in [5.41, 5.74) is 0.0357. The van der Waals surface area contributed by atoms with Crippen LogP contribution in [-0.4, -0.2) is 4.92 Å². The SMILES string of the molecule is C#CC(C)c1ccc([N+](=O)[O-])c(F)c1. The molecule has 0 heterocycles. The van der Waals surface area contributed by atoms with Gasteiger partial charge in [-0.3, -0.25) is 10.1 Å². The van der Waals surface area contributed by atoms with Gasteiger partial charge in [0.1, 0.15) is 0 Å². The van der Waals surface area contributed by atoms with Crippen molar-refractivity contribution in [3.8, 4) is 12.3 Å². The highest BCUT2D eigenvalue weighted by Crippen LogP contribution is 2.22. The first-order valence-corrected chi connectivity index (χ1v) is 3.96. The van der Waals surface area contributed by atoms with Crippen LogP contribution in [0.3, 0.4) is 0 Å².